The van der Waals surface area contributed by atoms with Gasteiger partial charge in [-0.2, -0.15) is 13.2 Å². The smallest absolute Gasteiger partial charge is 0.379 e. The molecule has 1 aliphatic rings. The number of alkyl halides is 3. The van der Waals surface area contributed by atoms with E-state index in [0.717, 1.165) is 23.7 Å². The van der Waals surface area contributed by atoms with Crippen LogP contribution in [0.15, 0.2) is 18.2 Å². The van der Waals surface area contributed by atoms with E-state index in [1.165, 1.54) is 6.07 Å². The lowest BCUT2D eigenvalue weighted by Crippen LogP contribution is -2.29. The molecule has 0 bridgehead atoms. The molecule has 0 saturated heterocycles. The molecule has 1 N–H and O–H groups in total. The van der Waals surface area contributed by atoms with E-state index in [0.29, 0.717) is 6.42 Å². The molecule has 0 saturated carbocycles. The molecule has 1 aromatic carbocycles. The van der Waals surface area contributed by atoms with Gasteiger partial charge in [-0.15, -0.1) is 0 Å². The SMILES string of the molecule is CCN[C@H]1c2ccc(C(F)(F)F)cc2CC1OC. The highest BCUT2D eigenvalue weighted by molar-refractivity contribution is 5.40. The van der Waals surface area contributed by atoms with Crippen molar-refractivity contribution in [2.24, 2.45) is 0 Å². The van der Waals surface area contributed by atoms with E-state index in [1.54, 1.807) is 13.2 Å². The highest BCUT2D eigenvalue weighted by atomic mass is 19.4. The second kappa shape index (κ2) is 4.90. The molecule has 100 valence electrons. The molecule has 1 aromatic rings. The maximum absolute atomic E-state index is 12.6. The first kappa shape index (κ1) is 13.4. The first-order valence-electron chi connectivity index (χ1n) is 5.93. The molecule has 0 amide bonds. The number of halogens is 3. The second-order valence-corrected chi connectivity index (χ2v) is 4.42. The summed E-state index contributed by atoms with van der Waals surface area (Å²) in [5.74, 6) is 0. The largest absolute Gasteiger partial charge is 0.416 e. The number of nitrogens with one attached hydrogen (secondary N) is 1. The lowest BCUT2D eigenvalue weighted by atomic mass is 10.0. The van der Waals surface area contributed by atoms with Crippen molar-refractivity contribution in [3.8, 4) is 0 Å². The summed E-state index contributed by atoms with van der Waals surface area (Å²) in [7, 11) is 1.59. The molecule has 0 spiro atoms. The van der Waals surface area contributed by atoms with Crippen molar-refractivity contribution in [1.82, 2.24) is 5.32 Å². The Morgan fingerprint density at radius 1 is 1.39 bits per heavy atom. The molecule has 2 nitrogen and oxygen atoms in total. The third-order valence-electron chi connectivity index (χ3n) is 3.33. The lowest BCUT2D eigenvalue weighted by Gasteiger charge is -2.19. The zero-order chi connectivity index (χ0) is 13.3. The standard InChI is InChI=1S/C13H16F3NO/c1-3-17-12-10-5-4-9(13(14,15)16)6-8(10)7-11(12)18-2/h4-6,11-12,17H,3,7H2,1-2H3/t11?,12-/m0/s1. The van der Waals surface area contributed by atoms with Crippen LogP contribution in [0, 0.1) is 0 Å². The maximum atomic E-state index is 12.6. The van der Waals surface area contributed by atoms with Crippen LogP contribution in [0.1, 0.15) is 29.7 Å². The van der Waals surface area contributed by atoms with Crippen molar-refractivity contribution in [3.63, 3.8) is 0 Å². The second-order valence-electron chi connectivity index (χ2n) is 4.42. The van der Waals surface area contributed by atoms with Crippen LogP contribution >= 0.6 is 0 Å². The molecule has 1 unspecified atom stereocenters. The van der Waals surface area contributed by atoms with Crippen molar-refractivity contribution >= 4 is 0 Å². The highest BCUT2D eigenvalue weighted by Gasteiger charge is 2.36. The van der Waals surface area contributed by atoms with Crippen molar-refractivity contribution < 1.29 is 17.9 Å². The zero-order valence-electron chi connectivity index (χ0n) is 10.3. The van der Waals surface area contributed by atoms with Gasteiger partial charge >= 0.3 is 6.18 Å². The fraction of sp³-hybridized carbons (Fsp3) is 0.538. The maximum Gasteiger partial charge on any atom is 0.416 e. The van der Waals surface area contributed by atoms with E-state index in [4.69, 9.17) is 4.74 Å². The van der Waals surface area contributed by atoms with Gasteiger partial charge in [0.2, 0.25) is 0 Å². The summed E-state index contributed by atoms with van der Waals surface area (Å²) in [5.41, 5.74) is 1.05. The summed E-state index contributed by atoms with van der Waals surface area (Å²) in [6.07, 6.45) is -3.86. The molecule has 2 atom stereocenters. The number of benzene rings is 1. The zero-order valence-corrected chi connectivity index (χ0v) is 10.3. The van der Waals surface area contributed by atoms with Gasteiger partial charge in [-0.25, -0.2) is 0 Å². The number of rotatable bonds is 3. The lowest BCUT2D eigenvalue weighted by molar-refractivity contribution is -0.137. The molecule has 1 aliphatic carbocycles. The Kier molecular flexibility index (Phi) is 3.64. The number of methoxy groups -OCH3 is 1. The number of likely N-dealkylation sites (N-methyl/N-ethyl adjacent to an activating group) is 1. The summed E-state index contributed by atoms with van der Waals surface area (Å²) in [6, 6.07) is 3.92. The minimum atomic E-state index is -4.28. The number of hydrogen-bond acceptors (Lipinski definition) is 2. The first-order chi connectivity index (χ1) is 8.47. The number of hydrogen-bond donors (Lipinski definition) is 1. The Balaban J connectivity index is 2.34. The van der Waals surface area contributed by atoms with Crippen LogP contribution in [0.4, 0.5) is 13.2 Å². The Hall–Kier alpha value is -1.07. The van der Waals surface area contributed by atoms with Crippen LogP contribution in [0.3, 0.4) is 0 Å². The van der Waals surface area contributed by atoms with Gasteiger partial charge in [-0.1, -0.05) is 13.0 Å². The Bertz CT molecular complexity index is 431. The van der Waals surface area contributed by atoms with Crippen molar-refractivity contribution in [2.45, 2.75) is 31.7 Å². The van der Waals surface area contributed by atoms with E-state index in [1.807, 2.05) is 6.92 Å². The van der Waals surface area contributed by atoms with E-state index in [-0.39, 0.29) is 12.1 Å². The molecular weight excluding hydrogens is 243 g/mol. The molecule has 0 aliphatic heterocycles. The molecule has 5 heteroatoms. The Labute approximate surface area is 104 Å². The molecule has 0 heterocycles. The van der Waals surface area contributed by atoms with Crippen LogP contribution in [-0.2, 0) is 17.3 Å². The molecule has 0 radical (unpaired) electrons. The summed E-state index contributed by atoms with van der Waals surface area (Å²) >= 11 is 0. The topological polar surface area (TPSA) is 21.3 Å². The van der Waals surface area contributed by atoms with Crippen molar-refractivity contribution in [2.75, 3.05) is 13.7 Å². The van der Waals surface area contributed by atoms with Crippen molar-refractivity contribution in [1.29, 1.82) is 0 Å². The van der Waals surface area contributed by atoms with Gasteiger partial charge in [-0.3, -0.25) is 0 Å². The molecule has 0 fully saturated rings. The van der Waals surface area contributed by atoms with Crippen LogP contribution in [0.2, 0.25) is 0 Å². The van der Waals surface area contributed by atoms with E-state index in [2.05, 4.69) is 5.32 Å². The minimum Gasteiger partial charge on any atom is -0.379 e. The molecule has 18 heavy (non-hydrogen) atoms. The normalized spacial score (nSPS) is 23.2. The van der Waals surface area contributed by atoms with E-state index in [9.17, 15) is 13.2 Å². The summed E-state index contributed by atoms with van der Waals surface area (Å²) < 4.78 is 43.2. The third kappa shape index (κ3) is 2.37. The summed E-state index contributed by atoms with van der Waals surface area (Å²) in [6.45, 7) is 2.72. The van der Waals surface area contributed by atoms with Crippen LogP contribution < -0.4 is 5.32 Å². The third-order valence-corrected chi connectivity index (χ3v) is 3.33. The first-order valence-corrected chi connectivity index (χ1v) is 5.93. The average molecular weight is 259 g/mol. The predicted octanol–water partition coefficient (Wildman–Crippen LogP) is 2.93. The molecule has 2 rings (SSSR count). The van der Waals surface area contributed by atoms with Crippen LogP contribution in [0.25, 0.3) is 0 Å². The van der Waals surface area contributed by atoms with Gasteiger partial charge in [0.15, 0.2) is 0 Å². The minimum absolute atomic E-state index is 0.0164. The summed E-state index contributed by atoms with van der Waals surface area (Å²) in [4.78, 5) is 0. The van der Waals surface area contributed by atoms with Crippen LogP contribution in [-0.4, -0.2) is 19.8 Å². The highest BCUT2D eigenvalue weighted by Crippen LogP contribution is 2.37. The fourth-order valence-electron chi connectivity index (χ4n) is 2.48. The number of fused-ring (bicyclic) bond motifs is 1. The Morgan fingerprint density at radius 2 is 2.11 bits per heavy atom. The van der Waals surface area contributed by atoms with Gasteiger partial charge in [0.25, 0.3) is 0 Å². The van der Waals surface area contributed by atoms with Gasteiger partial charge < -0.3 is 10.1 Å². The quantitative estimate of drug-likeness (QED) is 0.901. The monoisotopic (exact) mass is 259 g/mol. The van der Waals surface area contributed by atoms with Gasteiger partial charge in [-0.05, 0) is 29.8 Å². The Morgan fingerprint density at radius 3 is 2.67 bits per heavy atom. The van der Waals surface area contributed by atoms with Gasteiger partial charge in [0, 0.05) is 13.5 Å². The van der Waals surface area contributed by atoms with Gasteiger partial charge in [0.05, 0.1) is 17.7 Å². The van der Waals surface area contributed by atoms with E-state index < -0.39 is 11.7 Å². The van der Waals surface area contributed by atoms with Gasteiger partial charge in [0.1, 0.15) is 0 Å². The van der Waals surface area contributed by atoms with Crippen molar-refractivity contribution in [3.05, 3.63) is 34.9 Å². The van der Waals surface area contributed by atoms with Crippen LogP contribution in [0.5, 0.6) is 0 Å². The molecular formula is C13H16F3NO. The number of ether oxygens (including phenoxy) is 1. The average Bonchev–Trinajstić information content (AvgIpc) is 2.66. The van der Waals surface area contributed by atoms with E-state index >= 15 is 0 Å². The fourth-order valence-corrected chi connectivity index (χ4v) is 2.48. The molecule has 0 aromatic heterocycles. The summed E-state index contributed by atoms with van der Waals surface area (Å²) in [5, 5.41) is 3.25. The predicted molar refractivity (Wildman–Crippen MR) is 62.4 cm³/mol.